The highest BCUT2D eigenvalue weighted by Crippen LogP contribution is 2.16. The standard InChI is InChI=1S/C26H47BrO2/c1-2-3-4-5-6-7-8-9-10-11-12-13-14-15-16-17-18-19-22-25(27)23-20-21-24-26(28)29/h17-18,23H,2-16,19-22,24H2,1H3,(H,28,29)/b18-17-,25-23+. The van der Waals surface area contributed by atoms with Crippen LogP contribution < -0.4 is 0 Å². The van der Waals surface area contributed by atoms with Crippen molar-refractivity contribution < 1.29 is 9.90 Å². The topological polar surface area (TPSA) is 37.3 Å². The maximum Gasteiger partial charge on any atom is 0.303 e. The van der Waals surface area contributed by atoms with E-state index in [1.165, 1.54) is 101 Å². The molecule has 3 heteroatoms. The summed E-state index contributed by atoms with van der Waals surface area (Å²) < 4.78 is 1.20. The summed E-state index contributed by atoms with van der Waals surface area (Å²) in [7, 11) is 0. The molecule has 0 bridgehead atoms. The molecule has 0 aromatic carbocycles. The zero-order valence-corrected chi connectivity index (χ0v) is 20.7. The summed E-state index contributed by atoms with van der Waals surface area (Å²) in [6, 6.07) is 0. The van der Waals surface area contributed by atoms with Crippen molar-refractivity contribution in [3.63, 3.8) is 0 Å². The fourth-order valence-corrected chi connectivity index (χ4v) is 3.99. The van der Waals surface area contributed by atoms with Crippen LogP contribution in [0.2, 0.25) is 0 Å². The fourth-order valence-electron chi connectivity index (χ4n) is 3.53. The van der Waals surface area contributed by atoms with Gasteiger partial charge in [0.15, 0.2) is 0 Å². The summed E-state index contributed by atoms with van der Waals surface area (Å²) in [5.41, 5.74) is 0. The second-order valence-corrected chi connectivity index (χ2v) is 9.35. The minimum atomic E-state index is -0.707. The van der Waals surface area contributed by atoms with Gasteiger partial charge in [0.25, 0.3) is 0 Å². The predicted molar refractivity (Wildman–Crippen MR) is 132 cm³/mol. The lowest BCUT2D eigenvalue weighted by Crippen LogP contribution is -1.92. The first-order valence-electron chi connectivity index (χ1n) is 12.4. The molecule has 0 aliphatic rings. The molecular formula is C26H47BrO2. The highest BCUT2D eigenvalue weighted by Gasteiger charge is 1.96. The van der Waals surface area contributed by atoms with E-state index in [0.29, 0.717) is 0 Å². The van der Waals surface area contributed by atoms with Crippen LogP contribution in [0.1, 0.15) is 135 Å². The number of carbonyl (C=O) groups is 1. The van der Waals surface area contributed by atoms with E-state index in [-0.39, 0.29) is 6.42 Å². The van der Waals surface area contributed by atoms with Crippen LogP contribution in [0.4, 0.5) is 0 Å². The van der Waals surface area contributed by atoms with Crippen LogP contribution >= 0.6 is 15.9 Å². The van der Waals surface area contributed by atoms with E-state index in [9.17, 15) is 4.79 Å². The minimum absolute atomic E-state index is 0.260. The molecule has 0 saturated carbocycles. The molecule has 0 atom stereocenters. The lowest BCUT2D eigenvalue weighted by molar-refractivity contribution is -0.137. The SMILES string of the molecule is CCCCCCCCCCCCCCCC/C=C\CC/C(Br)=C\CCCC(=O)O. The molecule has 2 nitrogen and oxygen atoms in total. The zero-order chi connectivity index (χ0) is 21.4. The number of unbranched alkanes of at least 4 members (excludes halogenated alkanes) is 15. The number of carboxylic acids is 1. The second-order valence-electron chi connectivity index (χ2n) is 8.33. The van der Waals surface area contributed by atoms with Gasteiger partial charge in [0.05, 0.1) is 0 Å². The first-order valence-corrected chi connectivity index (χ1v) is 13.2. The Labute approximate surface area is 189 Å². The van der Waals surface area contributed by atoms with Crippen LogP contribution in [0, 0.1) is 0 Å². The molecule has 0 spiro atoms. The Kier molecular flexibility index (Phi) is 23.2. The Hall–Kier alpha value is -0.570. The number of halogens is 1. The molecule has 0 aromatic heterocycles. The monoisotopic (exact) mass is 470 g/mol. The van der Waals surface area contributed by atoms with Gasteiger partial charge in [0, 0.05) is 6.42 Å². The van der Waals surface area contributed by atoms with Gasteiger partial charge in [-0.15, -0.1) is 0 Å². The average molecular weight is 472 g/mol. The zero-order valence-electron chi connectivity index (χ0n) is 19.1. The molecule has 170 valence electrons. The summed E-state index contributed by atoms with van der Waals surface area (Å²) in [5.74, 6) is -0.707. The van der Waals surface area contributed by atoms with Crippen molar-refractivity contribution in [3.8, 4) is 0 Å². The maximum atomic E-state index is 10.5. The summed E-state index contributed by atoms with van der Waals surface area (Å²) in [4.78, 5) is 10.5. The van der Waals surface area contributed by atoms with Crippen molar-refractivity contribution in [2.75, 3.05) is 0 Å². The van der Waals surface area contributed by atoms with Crippen LogP contribution in [-0.2, 0) is 4.79 Å². The molecule has 0 aliphatic heterocycles. The molecule has 0 rings (SSSR count). The molecule has 0 radical (unpaired) electrons. The number of allylic oxidation sites excluding steroid dienone is 4. The van der Waals surface area contributed by atoms with Crippen LogP contribution in [0.3, 0.4) is 0 Å². The second kappa shape index (κ2) is 23.7. The van der Waals surface area contributed by atoms with Gasteiger partial charge in [-0.05, 0) is 43.0 Å². The van der Waals surface area contributed by atoms with Gasteiger partial charge >= 0.3 is 5.97 Å². The molecule has 29 heavy (non-hydrogen) atoms. The van der Waals surface area contributed by atoms with E-state index >= 15 is 0 Å². The summed E-state index contributed by atoms with van der Waals surface area (Å²) in [6.07, 6.45) is 31.7. The van der Waals surface area contributed by atoms with E-state index in [2.05, 4.69) is 41.1 Å². The third-order valence-corrected chi connectivity index (χ3v) is 6.12. The first-order chi connectivity index (χ1) is 14.2. The van der Waals surface area contributed by atoms with Crippen molar-refractivity contribution in [2.45, 2.75) is 135 Å². The smallest absolute Gasteiger partial charge is 0.303 e. The van der Waals surface area contributed by atoms with Crippen molar-refractivity contribution in [1.82, 2.24) is 0 Å². The van der Waals surface area contributed by atoms with E-state index in [4.69, 9.17) is 5.11 Å². The summed E-state index contributed by atoms with van der Waals surface area (Å²) in [5, 5.41) is 8.61. The molecule has 0 unspecified atom stereocenters. The molecule has 0 aliphatic carbocycles. The van der Waals surface area contributed by atoms with E-state index in [1.807, 2.05) is 0 Å². The third kappa shape index (κ3) is 25.4. The lowest BCUT2D eigenvalue weighted by Gasteiger charge is -2.02. The molecule has 0 heterocycles. The van der Waals surface area contributed by atoms with Gasteiger partial charge in [-0.2, -0.15) is 0 Å². The Bertz CT molecular complexity index is 415. The molecule has 1 N–H and O–H groups in total. The summed E-state index contributed by atoms with van der Waals surface area (Å²) in [6.45, 7) is 2.28. The van der Waals surface area contributed by atoms with Gasteiger partial charge in [0.2, 0.25) is 0 Å². The van der Waals surface area contributed by atoms with Crippen molar-refractivity contribution >= 4 is 21.9 Å². The first kappa shape index (κ1) is 28.4. The van der Waals surface area contributed by atoms with E-state index in [1.54, 1.807) is 0 Å². The number of aliphatic carboxylic acids is 1. The molecular weight excluding hydrogens is 424 g/mol. The third-order valence-electron chi connectivity index (χ3n) is 5.40. The van der Waals surface area contributed by atoms with E-state index < -0.39 is 5.97 Å². The van der Waals surface area contributed by atoms with Crippen molar-refractivity contribution in [2.24, 2.45) is 0 Å². The van der Waals surface area contributed by atoms with Crippen molar-refractivity contribution in [1.29, 1.82) is 0 Å². The highest BCUT2D eigenvalue weighted by molar-refractivity contribution is 9.11. The fraction of sp³-hybridized carbons (Fsp3) is 0.808. The van der Waals surface area contributed by atoms with Crippen molar-refractivity contribution in [3.05, 3.63) is 22.7 Å². The molecule has 0 amide bonds. The largest absolute Gasteiger partial charge is 0.481 e. The number of rotatable bonds is 22. The highest BCUT2D eigenvalue weighted by atomic mass is 79.9. The average Bonchev–Trinajstić information content (AvgIpc) is 2.70. The Balaban J connectivity index is 3.26. The Morgan fingerprint density at radius 1 is 0.655 bits per heavy atom. The number of hydrogen-bond donors (Lipinski definition) is 1. The normalized spacial score (nSPS) is 12.1. The van der Waals surface area contributed by atoms with Gasteiger partial charge in [-0.3, -0.25) is 4.79 Å². The Morgan fingerprint density at radius 2 is 1.14 bits per heavy atom. The minimum Gasteiger partial charge on any atom is -0.481 e. The van der Waals surface area contributed by atoms with Gasteiger partial charge in [-0.1, -0.05) is 125 Å². The number of hydrogen-bond acceptors (Lipinski definition) is 1. The number of carboxylic acid groups (broad SMARTS) is 1. The van der Waals surface area contributed by atoms with Gasteiger partial charge in [0.1, 0.15) is 0 Å². The van der Waals surface area contributed by atoms with Gasteiger partial charge < -0.3 is 5.11 Å². The van der Waals surface area contributed by atoms with Crippen LogP contribution in [-0.4, -0.2) is 11.1 Å². The molecule has 0 saturated heterocycles. The van der Waals surface area contributed by atoms with Crippen LogP contribution in [0.25, 0.3) is 0 Å². The van der Waals surface area contributed by atoms with E-state index in [0.717, 1.165) is 25.7 Å². The quantitative estimate of drug-likeness (QED) is 0.126. The molecule has 0 fully saturated rings. The Morgan fingerprint density at radius 3 is 1.66 bits per heavy atom. The maximum absolute atomic E-state index is 10.5. The molecule has 0 aromatic rings. The predicted octanol–water partition coefficient (Wildman–Crippen LogP) is 9.73. The van der Waals surface area contributed by atoms with Gasteiger partial charge in [-0.25, -0.2) is 0 Å². The summed E-state index contributed by atoms with van der Waals surface area (Å²) >= 11 is 3.58. The van der Waals surface area contributed by atoms with Crippen LogP contribution in [0.15, 0.2) is 22.7 Å². The van der Waals surface area contributed by atoms with Crippen LogP contribution in [0.5, 0.6) is 0 Å². The lowest BCUT2D eigenvalue weighted by atomic mass is 10.0.